The molecule has 100 valence electrons. The minimum Gasteiger partial charge on any atom is -0.399 e. The highest BCUT2D eigenvalue weighted by molar-refractivity contribution is 7.90. The topological polar surface area (TPSA) is 63.4 Å². The molecular weight excluding hydrogens is 248 g/mol. The molecule has 0 aromatic heterocycles. The molecular formula is C13H20N2O2S. The summed E-state index contributed by atoms with van der Waals surface area (Å²) in [4.78, 5) is 0. The number of anilines is 1. The zero-order valence-electron chi connectivity index (χ0n) is 10.8. The molecule has 0 spiro atoms. The van der Waals surface area contributed by atoms with Crippen LogP contribution in [0.15, 0.2) is 24.3 Å². The highest BCUT2D eigenvalue weighted by atomic mass is 32.2. The molecule has 2 rings (SSSR count). The summed E-state index contributed by atoms with van der Waals surface area (Å²) in [5.41, 5.74) is 7.33. The van der Waals surface area contributed by atoms with E-state index in [1.807, 2.05) is 32.0 Å². The van der Waals surface area contributed by atoms with Gasteiger partial charge in [-0.05, 0) is 44.4 Å². The zero-order chi connectivity index (χ0) is 13.3. The van der Waals surface area contributed by atoms with Gasteiger partial charge in [0.25, 0.3) is 0 Å². The Balaban J connectivity index is 2.22. The third kappa shape index (κ3) is 2.84. The van der Waals surface area contributed by atoms with E-state index in [0.29, 0.717) is 12.2 Å². The molecule has 2 N–H and O–H groups in total. The molecule has 0 bridgehead atoms. The van der Waals surface area contributed by atoms with E-state index in [2.05, 4.69) is 0 Å². The number of nitrogens with two attached hydrogens (primary N) is 1. The smallest absolute Gasteiger partial charge is 0.217 e. The largest absolute Gasteiger partial charge is 0.399 e. The van der Waals surface area contributed by atoms with Gasteiger partial charge in [0.15, 0.2) is 0 Å². The van der Waals surface area contributed by atoms with Gasteiger partial charge in [0.05, 0.1) is 5.25 Å². The van der Waals surface area contributed by atoms with E-state index in [0.717, 1.165) is 18.4 Å². The number of hydrogen-bond donors (Lipinski definition) is 1. The third-order valence-corrected chi connectivity index (χ3v) is 5.66. The van der Waals surface area contributed by atoms with E-state index in [1.165, 1.54) is 0 Å². The fourth-order valence-electron chi connectivity index (χ4n) is 2.00. The van der Waals surface area contributed by atoms with Crippen LogP contribution in [0.4, 0.5) is 5.69 Å². The van der Waals surface area contributed by atoms with E-state index in [-0.39, 0.29) is 11.3 Å². The highest BCUT2D eigenvalue weighted by Gasteiger charge is 2.40. The molecule has 18 heavy (non-hydrogen) atoms. The molecule has 0 amide bonds. The van der Waals surface area contributed by atoms with Gasteiger partial charge in [0, 0.05) is 18.3 Å². The second kappa shape index (κ2) is 4.90. The second-order valence-electron chi connectivity index (χ2n) is 5.13. The Morgan fingerprint density at radius 2 is 2.06 bits per heavy atom. The average Bonchev–Trinajstić information content (AvgIpc) is 3.09. The van der Waals surface area contributed by atoms with E-state index >= 15 is 0 Å². The van der Waals surface area contributed by atoms with Crippen molar-refractivity contribution >= 4 is 15.7 Å². The van der Waals surface area contributed by atoms with Crippen LogP contribution in [0.2, 0.25) is 0 Å². The number of nitrogen functional groups attached to an aromatic ring is 1. The molecule has 5 heteroatoms. The molecule has 4 nitrogen and oxygen atoms in total. The molecule has 0 unspecified atom stereocenters. The fourth-order valence-corrected chi connectivity index (χ4v) is 4.03. The number of benzene rings is 1. The summed E-state index contributed by atoms with van der Waals surface area (Å²) in [7, 11) is -3.15. The van der Waals surface area contributed by atoms with Crippen LogP contribution in [-0.2, 0) is 16.6 Å². The van der Waals surface area contributed by atoms with Gasteiger partial charge in [0.1, 0.15) is 0 Å². The molecule has 0 aliphatic heterocycles. The van der Waals surface area contributed by atoms with Gasteiger partial charge in [-0.1, -0.05) is 12.1 Å². The molecule has 1 aromatic carbocycles. The van der Waals surface area contributed by atoms with Crippen LogP contribution in [0.1, 0.15) is 32.3 Å². The number of nitrogens with zero attached hydrogens (tertiary/aromatic N) is 1. The van der Waals surface area contributed by atoms with Gasteiger partial charge in [0.2, 0.25) is 10.0 Å². The molecule has 1 aromatic rings. The lowest BCUT2D eigenvalue weighted by molar-refractivity contribution is 0.347. The molecule has 0 saturated heterocycles. The summed E-state index contributed by atoms with van der Waals surface area (Å²) in [5, 5.41) is -0.166. The van der Waals surface area contributed by atoms with Gasteiger partial charge in [-0.15, -0.1) is 0 Å². The minimum atomic E-state index is -3.15. The fraction of sp³-hybridized carbons (Fsp3) is 0.538. The van der Waals surface area contributed by atoms with Crippen LogP contribution >= 0.6 is 0 Å². The number of sulfonamides is 1. The Morgan fingerprint density at radius 1 is 1.39 bits per heavy atom. The van der Waals surface area contributed by atoms with E-state index in [9.17, 15) is 8.42 Å². The molecule has 0 heterocycles. The normalized spacial score (nSPS) is 16.4. The summed E-state index contributed by atoms with van der Waals surface area (Å²) >= 11 is 0. The average molecular weight is 268 g/mol. The van der Waals surface area contributed by atoms with Crippen molar-refractivity contribution < 1.29 is 8.42 Å². The highest BCUT2D eigenvalue weighted by Crippen LogP contribution is 2.32. The Bertz CT molecular complexity index is 522. The summed E-state index contributed by atoms with van der Waals surface area (Å²) in [6.07, 6.45) is 1.59. The van der Waals surface area contributed by atoms with E-state index in [4.69, 9.17) is 5.73 Å². The van der Waals surface area contributed by atoms with Crippen molar-refractivity contribution in [2.75, 3.05) is 5.73 Å². The summed E-state index contributed by atoms with van der Waals surface area (Å²) < 4.78 is 26.2. The Morgan fingerprint density at radius 3 is 2.56 bits per heavy atom. The number of rotatable bonds is 5. The summed E-state index contributed by atoms with van der Waals surface area (Å²) in [5.74, 6) is 0. The molecule has 0 atom stereocenters. The maximum atomic E-state index is 12.3. The van der Waals surface area contributed by atoms with Gasteiger partial charge in [-0.3, -0.25) is 0 Å². The van der Waals surface area contributed by atoms with Crippen molar-refractivity contribution in [1.82, 2.24) is 4.31 Å². The lowest BCUT2D eigenvalue weighted by Crippen LogP contribution is -2.38. The summed E-state index contributed by atoms with van der Waals surface area (Å²) in [6, 6.07) is 7.37. The third-order valence-electron chi connectivity index (χ3n) is 3.14. The van der Waals surface area contributed by atoms with Crippen molar-refractivity contribution in [2.24, 2.45) is 0 Å². The van der Waals surface area contributed by atoms with Crippen LogP contribution in [-0.4, -0.2) is 24.0 Å². The van der Waals surface area contributed by atoms with Crippen molar-refractivity contribution in [1.29, 1.82) is 0 Å². The second-order valence-corrected chi connectivity index (χ2v) is 7.29. The molecule has 1 saturated carbocycles. The van der Waals surface area contributed by atoms with Crippen LogP contribution < -0.4 is 5.73 Å². The molecule has 1 aliphatic carbocycles. The Labute approximate surface area is 109 Å². The first-order valence-corrected chi connectivity index (χ1v) is 7.76. The van der Waals surface area contributed by atoms with Gasteiger partial charge in [-0.25, -0.2) is 8.42 Å². The number of hydrogen-bond acceptors (Lipinski definition) is 3. The van der Waals surface area contributed by atoms with Crippen molar-refractivity contribution in [3.63, 3.8) is 0 Å². The van der Waals surface area contributed by atoms with Crippen LogP contribution in [0.3, 0.4) is 0 Å². The quantitative estimate of drug-likeness (QED) is 0.830. The first-order chi connectivity index (χ1) is 8.41. The maximum absolute atomic E-state index is 12.3. The van der Waals surface area contributed by atoms with Crippen molar-refractivity contribution in [2.45, 2.75) is 44.5 Å². The monoisotopic (exact) mass is 268 g/mol. The predicted octanol–water partition coefficient (Wildman–Crippen LogP) is 1.97. The van der Waals surface area contributed by atoms with Crippen LogP contribution in [0, 0.1) is 0 Å². The van der Waals surface area contributed by atoms with Gasteiger partial charge >= 0.3 is 0 Å². The SMILES string of the molecule is CC(C)N(Cc1cccc(N)c1)S(=O)(=O)C1CC1. The first kappa shape index (κ1) is 13.4. The van der Waals surface area contributed by atoms with Crippen LogP contribution in [0.5, 0.6) is 0 Å². The van der Waals surface area contributed by atoms with Crippen molar-refractivity contribution in [3.8, 4) is 0 Å². The van der Waals surface area contributed by atoms with Crippen LogP contribution in [0.25, 0.3) is 0 Å². The Hall–Kier alpha value is -1.07. The molecule has 1 fully saturated rings. The minimum absolute atomic E-state index is 0.0305. The molecule has 0 radical (unpaired) electrons. The lowest BCUT2D eigenvalue weighted by atomic mass is 10.2. The summed E-state index contributed by atoms with van der Waals surface area (Å²) in [6.45, 7) is 4.22. The predicted molar refractivity (Wildman–Crippen MR) is 73.5 cm³/mol. The van der Waals surface area contributed by atoms with Gasteiger partial charge in [-0.2, -0.15) is 4.31 Å². The first-order valence-electron chi connectivity index (χ1n) is 6.26. The maximum Gasteiger partial charge on any atom is 0.217 e. The standard InChI is InChI=1S/C13H20N2O2S/c1-10(2)15(18(16,17)13-6-7-13)9-11-4-3-5-12(14)8-11/h3-5,8,10,13H,6-7,9,14H2,1-2H3. The van der Waals surface area contributed by atoms with E-state index in [1.54, 1.807) is 10.4 Å². The molecule has 1 aliphatic rings. The zero-order valence-corrected chi connectivity index (χ0v) is 11.7. The van der Waals surface area contributed by atoms with Gasteiger partial charge < -0.3 is 5.73 Å². The lowest BCUT2D eigenvalue weighted by Gasteiger charge is -2.26. The van der Waals surface area contributed by atoms with Crippen molar-refractivity contribution in [3.05, 3.63) is 29.8 Å². The Kier molecular flexibility index (Phi) is 3.64. The van der Waals surface area contributed by atoms with E-state index < -0.39 is 10.0 Å².